The predicted molar refractivity (Wildman–Crippen MR) is 418 cm³/mol. The highest BCUT2D eigenvalue weighted by molar-refractivity contribution is 6.24. The maximum absolute atomic E-state index is 4.87. The molecule has 512 valence electrons. The van der Waals surface area contributed by atoms with Crippen molar-refractivity contribution < 1.29 is 18.3 Å². The van der Waals surface area contributed by atoms with Crippen LogP contribution in [0.5, 0.6) is 0 Å². The number of hydrogen-bond acceptors (Lipinski definition) is 5. The second-order valence-electron chi connectivity index (χ2n) is 29.6. The van der Waals surface area contributed by atoms with E-state index in [4.69, 9.17) is 19.9 Å². The molecule has 13 heteroatoms. The number of aryl methyl sites for hydroxylation is 13. The Bertz CT molecular complexity index is 6120. The molecule has 1 aliphatic carbocycles. The zero-order chi connectivity index (χ0) is 72.4. The quantitative estimate of drug-likeness (QED) is 0.129. The summed E-state index contributed by atoms with van der Waals surface area (Å²) in [4.78, 5) is 23.8. The lowest BCUT2D eigenvalue weighted by Gasteiger charge is -2.47. The van der Waals surface area contributed by atoms with Crippen LogP contribution in [-0.4, -0.2) is 43.2 Å². The van der Waals surface area contributed by atoms with Gasteiger partial charge in [0.05, 0.1) is 49.9 Å². The maximum Gasteiger partial charge on any atom is 0.239 e. The molecule has 0 saturated carbocycles. The van der Waals surface area contributed by atoms with Gasteiger partial charge in [-0.25, -0.2) is 38.6 Å². The Morgan fingerprint density at radius 1 is 0.353 bits per heavy atom. The molecule has 0 unspecified atom stereocenters. The third kappa shape index (κ3) is 10.9. The van der Waals surface area contributed by atoms with Gasteiger partial charge < -0.3 is 18.3 Å². The van der Waals surface area contributed by atoms with Gasteiger partial charge in [-0.05, 0) is 154 Å². The molecule has 16 aromatic rings. The first-order valence-corrected chi connectivity index (χ1v) is 35.5. The van der Waals surface area contributed by atoms with Crippen LogP contribution in [0.1, 0.15) is 95.2 Å². The summed E-state index contributed by atoms with van der Waals surface area (Å²) in [5.74, 6) is 4.12. The summed E-state index contributed by atoms with van der Waals surface area (Å²) < 4.78 is 17.5. The zero-order valence-corrected chi connectivity index (χ0v) is 63.6. The third-order valence-electron chi connectivity index (χ3n) is 23.0. The minimum Gasteiger partial charge on any atom is -0.334 e. The van der Waals surface area contributed by atoms with Crippen LogP contribution in [0, 0.1) is 69.2 Å². The second kappa shape index (κ2) is 25.5. The van der Waals surface area contributed by atoms with Gasteiger partial charge in [0.15, 0.2) is 24.8 Å². The highest BCUT2D eigenvalue weighted by Crippen LogP contribution is 2.54. The summed E-state index contributed by atoms with van der Waals surface area (Å²) >= 11 is 0. The molecule has 0 saturated heterocycles. The number of imidazole rings is 4. The first kappa shape index (κ1) is 68.1. The van der Waals surface area contributed by atoms with Crippen molar-refractivity contribution in [1.82, 2.24) is 43.2 Å². The molecule has 0 bridgehead atoms. The average molecular weight is 1350 g/mol. The van der Waals surface area contributed by atoms with E-state index >= 15 is 0 Å². The molecule has 0 radical (unpaired) electrons. The molecule has 9 aromatic heterocycles. The largest absolute Gasteiger partial charge is 0.334 e. The van der Waals surface area contributed by atoms with E-state index in [1.165, 1.54) is 138 Å². The molecule has 1 aliphatic rings. The fourth-order valence-corrected chi connectivity index (χ4v) is 16.3. The molecular weight excluding hydrogens is 1250 g/mol. The topological polar surface area (TPSA) is 99.7 Å². The van der Waals surface area contributed by atoms with Crippen LogP contribution in [0.4, 0.5) is 0 Å². The molecular formula is C89H95N13+4. The first-order valence-electron chi connectivity index (χ1n) is 35.5. The van der Waals surface area contributed by atoms with Gasteiger partial charge in [0.1, 0.15) is 57.0 Å². The number of rotatable bonds is 4. The Balaban J connectivity index is 0.000000116. The van der Waals surface area contributed by atoms with E-state index in [0.717, 1.165) is 62.5 Å². The van der Waals surface area contributed by atoms with E-state index in [9.17, 15) is 0 Å². The van der Waals surface area contributed by atoms with Crippen molar-refractivity contribution in [3.8, 4) is 56.8 Å². The number of pyridine rings is 5. The summed E-state index contributed by atoms with van der Waals surface area (Å²) in [6.07, 6.45) is 14.6. The SMILES string of the molecule is Cc1cn(C)c(-c2ccc3c(c2C)-c2c(ccc[n+]2C)C(C)(C)C3(C)C)n1.Cc1cn(C)c(-c2ccc3ccc4ccc[n+](C)c4c3c2C)n1.Cc1nc(-c2ccc3c4ccccc4c4ccc[n+](C)c4c3c2C)n(C)c1C.Cc1nc(-c2ccc3cnc4ccc[n+](C)c4c3c2C)n(C)c1C. The van der Waals surface area contributed by atoms with Crippen LogP contribution < -0.4 is 18.3 Å². The van der Waals surface area contributed by atoms with Crippen LogP contribution >= 0.6 is 0 Å². The van der Waals surface area contributed by atoms with Gasteiger partial charge in [-0.15, -0.1) is 0 Å². The zero-order valence-electron chi connectivity index (χ0n) is 63.6. The van der Waals surface area contributed by atoms with Gasteiger partial charge in [0, 0.05) is 126 Å². The molecule has 9 heterocycles. The summed E-state index contributed by atoms with van der Waals surface area (Å²) in [6, 6.07) is 48.1. The summed E-state index contributed by atoms with van der Waals surface area (Å²) in [5, 5.41) is 12.8. The number of aromatic nitrogens is 13. The lowest BCUT2D eigenvalue weighted by Crippen LogP contribution is -2.48. The standard InChI is InChI=1S/C25H24N3.C24H30N3.C20H21N4.C20H20N3/c1-15-18(25-26-16(2)17(3)28(25)5)12-13-21-19-9-6-7-10-20(19)22-11-8-14-27(4)24(22)23(15)21;1-15-14-27(8)22(25-15)17-11-12-18-20(16(17)2)21-19(10-9-13-26(21)7)24(5,6)23(18,3)4;1-12-16(20-22-13(2)14(3)24(20)5)9-8-15-11-21-17-7-6-10-23(4)19(17)18(12)15;1-13-12-23(4)20(21-13)17-10-9-15-7-8-16-6-5-11-22(3)19(16)18(15)14(17)2/h6-14H,1-5H3;9-14H,1-8H3;6-11H,1-5H3;5-12H,1-4H3/q4*+1. The Labute approximate surface area is 599 Å². The van der Waals surface area contributed by atoms with E-state index in [2.05, 4.69) is 352 Å². The van der Waals surface area contributed by atoms with E-state index < -0.39 is 0 Å². The first-order chi connectivity index (χ1) is 48.6. The van der Waals surface area contributed by atoms with E-state index in [0.29, 0.717) is 0 Å². The average Bonchev–Trinajstić information content (AvgIpc) is 0.749. The van der Waals surface area contributed by atoms with Crippen LogP contribution in [0.2, 0.25) is 0 Å². The maximum atomic E-state index is 4.87. The highest BCUT2D eigenvalue weighted by Gasteiger charge is 2.49. The fraction of sp³-hybridized carbons (Fsp3) is 0.270. The molecule has 0 N–H and O–H groups in total. The van der Waals surface area contributed by atoms with Gasteiger partial charge in [-0.2, -0.15) is 4.57 Å². The van der Waals surface area contributed by atoms with Gasteiger partial charge in [-0.1, -0.05) is 107 Å². The van der Waals surface area contributed by atoms with Gasteiger partial charge in [-0.3, -0.25) is 0 Å². The molecule has 102 heavy (non-hydrogen) atoms. The molecule has 7 aromatic carbocycles. The third-order valence-corrected chi connectivity index (χ3v) is 23.0. The molecule has 0 aliphatic heterocycles. The highest BCUT2D eigenvalue weighted by atomic mass is 15.1. The minimum atomic E-state index is 0.0323. The molecule has 13 nitrogen and oxygen atoms in total. The molecule has 0 fully saturated rings. The van der Waals surface area contributed by atoms with Crippen LogP contribution in [0.25, 0.3) is 133 Å². The van der Waals surface area contributed by atoms with Crippen molar-refractivity contribution in [2.24, 2.45) is 56.4 Å². The van der Waals surface area contributed by atoms with Crippen molar-refractivity contribution in [2.45, 2.75) is 108 Å². The van der Waals surface area contributed by atoms with Crippen molar-refractivity contribution in [3.05, 3.63) is 244 Å². The molecule has 17 rings (SSSR count). The van der Waals surface area contributed by atoms with Crippen molar-refractivity contribution in [2.75, 3.05) is 0 Å². The van der Waals surface area contributed by atoms with E-state index in [1.807, 2.05) is 19.2 Å². The predicted octanol–water partition coefficient (Wildman–Crippen LogP) is 17.4. The normalized spacial score (nSPS) is 13.0. The Kier molecular flexibility index (Phi) is 17.0. The van der Waals surface area contributed by atoms with Crippen molar-refractivity contribution >= 4 is 75.9 Å². The minimum absolute atomic E-state index is 0.0323. The molecule has 0 atom stereocenters. The lowest BCUT2D eigenvalue weighted by molar-refractivity contribution is -0.661. The van der Waals surface area contributed by atoms with E-state index in [1.54, 1.807) is 0 Å². The summed E-state index contributed by atoms with van der Waals surface area (Å²) in [6.45, 7) is 30.9. The fourth-order valence-electron chi connectivity index (χ4n) is 16.3. The van der Waals surface area contributed by atoms with Gasteiger partial charge >= 0.3 is 0 Å². The smallest absolute Gasteiger partial charge is 0.239 e. The second-order valence-corrected chi connectivity index (χ2v) is 29.6. The number of benzene rings is 7. The summed E-state index contributed by atoms with van der Waals surface area (Å²) in [5.41, 5.74) is 27.0. The van der Waals surface area contributed by atoms with Crippen molar-refractivity contribution in [1.29, 1.82) is 0 Å². The van der Waals surface area contributed by atoms with Gasteiger partial charge in [0.25, 0.3) is 0 Å². The Morgan fingerprint density at radius 3 is 1.37 bits per heavy atom. The Hall–Kier alpha value is -11.1. The molecule has 0 spiro atoms. The number of fused-ring (bicyclic) bond motifs is 15. The number of hydrogen-bond donors (Lipinski definition) is 0. The lowest BCUT2D eigenvalue weighted by atomic mass is 9.55. The van der Waals surface area contributed by atoms with Gasteiger partial charge in [0.2, 0.25) is 22.2 Å². The van der Waals surface area contributed by atoms with E-state index in [-0.39, 0.29) is 10.8 Å². The van der Waals surface area contributed by atoms with Crippen LogP contribution in [0.15, 0.2) is 177 Å². The Morgan fingerprint density at radius 2 is 0.794 bits per heavy atom. The van der Waals surface area contributed by atoms with Crippen molar-refractivity contribution in [3.63, 3.8) is 0 Å². The monoisotopic (exact) mass is 1350 g/mol. The summed E-state index contributed by atoms with van der Waals surface area (Å²) in [7, 11) is 16.8. The van der Waals surface area contributed by atoms with Crippen LogP contribution in [0.3, 0.4) is 0 Å². The molecule has 0 amide bonds. The van der Waals surface area contributed by atoms with Crippen LogP contribution in [-0.2, 0) is 67.2 Å². The number of nitrogens with zero attached hydrogens (tertiary/aromatic N) is 13.